The van der Waals surface area contributed by atoms with Crippen molar-refractivity contribution >= 4 is 6.09 Å². The lowest BCUT2D eigenvalue weighted by atomic mass is 10.1. The first-order valence-electron chi connectivity index (χ1n) is 8.21. The summed E-state index contributed by atoms with van der Waals surface area (Å²) in [6, 6.07) is 10.2. The van der Waals surface area contributed by atoms with Gasteiger partial charge in [-0.2, -0.15) is 0 Å². The number of amides is 1. The van der Waals surface area contributed by atoms with Crippen LogP contribution in [-0.2, 0) is 14.2 Å². The maximum absolute atomic E-state index is 11.9. The average Bonchev–Trinajstić information content (AvgIpc) is 2.63. The fourth-order valence-electron chi connectivity index (χ4n) is 2.87. The van der Waals surface area contributed by atoms with E-state index in [4.69, 9.17) is 14.2 Å². The van der Waals surface area contributed by atoms with Crippen molar-refractivity contribution in [2.24, 2.45) is 0 Å². The van der Waals surface area contributed by atoms with E-state index in [1.54, 1.807) is 4.90 Å². The van der Waals surface area contributed by atoms with E-state index in [-0.39, 0.29) is 12.2 Å². The Bertz CT molecular complexity index is 491. The third kappa shape index (κ3) is 4.67. The van der Waals surface area contributed by atoms with Gasteiger partial charge in [0.1, 0.15) is 6.61 Å². The van der Waals surface area contributed by atoms with Gasteiger partial charge in [-0.15, -0.1) is 0 Å². The van der Waals surface area contributed by atoms with Crippen LogP contribution in [0, 0.1) is 0 Å². The molecule has 1 aromatic rings. The minimum absolute atomic E-state index is 0.0971. The number of hydrogen-bond acceptors (Lipinski definition) is 5. The highest BCUT2D eigenvalue weighted by atomic mass is 16.6. The molecule has 2 saturated heterocycles. The van der Waals surface area contributed by atoms with Gasteiger partial charge in [0.25, 0.3) is 0 Å². The minimum Gasteiger partial charge on any atom is -0.448 e. The van der Waals surface area contributed by atoms with Crippen molar-refractivity contribution in [2.75, 3.05) is 59.2 Å². The maximum Gasteiger partial charge on any atom is 0.409 e. The lowest BCUT2D eigenvalue weighted by Gasteiger charge is -2.33. The molecule has 2 aliphatic rings. The monoisotopic (exact) mass is 320 g/mol. The Kier molecular flexibility index (Phi) is 5.85. The fourth-order valence-corrected chi connectivity index (χ4v) is 2.87. The van der Waals surface area contributed by atoms with Crippen LogP contribution in [0.3, 0.4) is 0 Å². The SMILES string of the molecule is O=C(OCCN1CCO[C@@H](c2ccccc2)C1)N1CCOCC1. The molecule has 0 aliphatic carbocycles. The van der Waals surface area contributed by atoms with Gasteiger partial charge in [-0.25, -0.2) is 4.79 Å². The summed E-state index contributed by atoms with van der Waals surface area (Å²) in [5, 5.41) is 0. The van der Waals surface area contributed by atoms with Crippen molar-refractivity contribution in [3.05, 3.63) is 35.9 Å². The van der Waals surface area contributed by atoms with Crippen molar-refractivity contribution < 1.29 is 19.0 Å². The molecule has 0 N–H and O–H groups in total. The van der Waals surface area contributed by atoms with E-state index >= 15 is 0 Å². The van der Waals surface area contributed by atoms with Gasteiger partial charge in [0, 0.05) is 32.7 Å². The van der Waals surface area contributed by atoms with E-state index in [1.807, 2.05) is 18.2 Å². The van der Waals surface area contributed by atoms with Crippen LogP contribution in [0.5, 0.6) is 0 Å². The van der Waals surface area contributed by atoms with E-state index in [2.05, 4.69) is 17.0 Å². The highest BCUT2D eigenvalue weighted by molar-refractivity contribution is 5.67. The van der Waals surface area contributed by atoms with Gasteiger partial charge in [0.15, 0.2) is 0 Å². The topological polar surface area (TPSA) is 51.2 Å². The third-order valence-corrected chi connectivity index (χ3v) is 4.22. The second kappa shape index (κ2) is 8.29. The number of hydrogen-bond donors (Lipinski definition) is 0. The molecule has 0 unspecified atom stereocenters. The molecule has 6 nitrogen and oxygen atoms in total. The molecule has 0 radical (unpaired) electrons. The van der Waals surface area contributed by atoms with E-state index in [9.17, 15) is 4.79 Å². The molecule has 126 valence electrons. The van der Waals surface area contributed by atoms with E-state index in [1.165, 1.54) is 5.56 Å². The number of benzene rings is 1. The number of carbonyl (C=O) groups excluding carboxylic acids is 1. The second-order valence-electron chi connectivity index (χ2n) is 5.78. The van der Waals surface area contributed by atoms with Gasteiger partial charge in [-0.05, 0) is 5.56 Å². The third-order valence-electron chi connectivity index (χ3n) is 4.22. The van der Waals surface area contributed by atoms with Crippen molar-refractivity contribution in [3.63, 3.8) is 0 Å². The van der Waals surface area contributed by atoms with Crippen molar-refractivity contribution in [2.45, 2.75) is 6.10 Å². The van der Waals surface area contributed by atoms with Crippen LogP contribution >= 0.6 is 0 Å². The van der Waals surface area contributed by atoms with Crippen LogP contribution in [-0.4, -0.2) is 75.0 Å². The summed E-state index contributed by atoms with van der Waals surface area (Å²) < 4.78 is 16.5. The zero-order valence-corrected chi connectivity index (χ0v) is 13.4. The van der Waals surface area contributed by atoms with E-state index in [0.29, 0.717) is 39.5 Å². The van der Waals surface area contributed by atoms with Crippen LogP contribution in [0.4, 0.5) is 4.79 Å². The molecule has 2 aliphatic heterocycles. The van der Waals surface area contributed by atoms with Gasteiger partial charge in [0.2, 0.25) is 0 Å². The summed E-state index contributed by atoms with van der Waals surface area (Å²) in [6.07, 6.45) is -0.138. The number of ether oxygens (including phenoxy) is 3. The number of nitrogens with zero attached hydrogens (tertiary/aromatic N) is 2. The summed E-state index contributed by atoms with van der Waals surface area (Å²) in [7, 11) is 0. The highest BCUT2D eigenvalue weighted by Crippen LogP contribution is 2.21. The van der Waals surface area contributed by atoms with E-state index in [0.717, 1.165) is 19.6 Å². The van der Waals surface area contributed by atoms with Crippen molar-refractivity contribution in [1.29, 1.82) is 0 Å². The Balaban J connectivity index is 1.40. The predicted octanol–water partition coefficient (Wildman–Crippen LogP) is 1.53. The quantitative estimate of drug-likeness (QED) is 0.842. The average molecular weight is 320 g/mol. The minimum atomic E-state index is -0.235. The number of morpholine rings is 2. The molecular weight excluding hydrogens is 296 g/mol. The highest BCUT2D eigenvalue weighted by Gasteiger charge is 2.22. The van der Waals surface area contributed by atoms with E-state index < -0.39 is 0 Å². The molecule has 0 aromatic heterocycles. The summed E-state index contributed by atoms with van der Waals surface area (Å²) in [4.78, 5) is 15.9. The molecule has 0 bridgehead atoms. The Labute approximate surface area is 136 Å². The Morgan fingerprint density at radius 3 is 2.70 bits per heavy atom. The fraction of sp³-hybridized carbons (Fsp3) is 0.588. The molecule has 1 atom stereocenters. The lowest BCUT2D eigenvalue weighted by molar-refractivity contribution is -0.0363. The Hall–Kier alpha value is -1.63. The Morgan fingerprint density at radius 2 is 1.91 bits per heavy atom. The molecule has 0 spiro atoms. The largest absolute Gasteiger partial charge is 0.448 e. The normalized spacial score (nSPS) is 22.8. The summed E-state index contributed by atoms with van der Waals surface area (Å²) in [5.41, 5.74) is 1.20. The van der Waals surface area contributed by atoms with Crippen LogP contribution < -0.4 is 0 Å². The van der Waals surface area contributed by atoms with Crippen LogP contribution in [0.1, 0.15) is 11.7 Å². The molecule has 0 saturated carbocycles. The molecule has 2 fully saturated rings. The summed E-state index contributed by atoms with van der Waals surface area (Å²) >= 11 is 0. The van der Waals surface area contributed by atoms with Gasteiger partial charge in [-0.3, -0.25) is 4.90 Å². The first-order valence-corrected chi connectivity index (χ1v) is 8.21. The van der Waals surface area contributed by atoms with Crippen LogP contribution in [0.25, 0.3) is 0 Å². The van der Waals surface area contributed by atoms with Crippen LogP contribution in [0.2, 0.25) is 0 Å². The van der Waals surface area contributed by atoms with Crippen molar-refractivity contribution in [3.8, 4) is 0 Å². The molecule has 6 heteroatoms. The zero-order valence-electron chi connectivity index (χ0n) is 13.4. The maximum atomic E-state index is 11.9. The molecule has 23 heavy (non-hydrogen) atoms. The van der Waals surface area contributed by atoms with Gasteiger partial charge < -0.3 is 19.1 Å². The molecule has 1 aromatic carbocycles. The van der Waals surface area contributed by atoms with Crippen molar-refractivity contribution in [1.82, 2.24) is 9.80 Å². The number of carbonyl (C=O) groups is 1. The molecule has 3 rings (SSSR count). The molecule has 1 amide bonds. The lowest BCUT2D eigenvalue weighted by Crippen LogP contribution is -2.43. The summed E-state index contributed by atoms with van der Waals surface area (Å²) in [6.45, 7) is 5.99. The van der Waals surface area contributed by atoms with Gasteiger partial charge in [0.05, 0.1) is 25.9 Å². The summed E-state index contributed by atoms with van der Waals surface area (Å²) in [5.74, 6) is 0. The standard InChI is InChI=1S/C17H24N2O4/c20-17(19-8-10-21-11-9-19)23-13-7-18-6-12-22-16(14-18)15-4-2-1-3-5-15/h1-5,16H,6-14H2/t16-/m1/s1. The van der Waals surface area contributed by atoms with Crippen LogP contribution in [0.15, 0.2) is 30.3 Å². The van der Waals surface area contributed by atoms with Gasteiger partial charge in [-0.1, -0.05) is 30.3 Å². The molecular formula is C17H24N2O4. The smallest absolute Gasteiger partial charge is 0.409 e. The molecule has 2 heterocycles. The van der Waals surface area contributed by atoms with Gasteiger partial charge >= 0.3 is 6.09 Å². The number of rotatable bonds is 4. The zero-order chi connectivity index (χ0) is 15.9. The first kappa shape index (κ1) is 16.2. The second-order valence-corrected chi connectivity index (χ2v) is 5.78. The first-order chi connectivity index (χ1) is 11.3. The predicted molar refractivity (Wildman–Crippen MR) is 85.3 cm³/mol. The Morgan fingerprint density at radius 1 is 1.13 bits per heavy atom.